The summed E-state index contributed by atoms with van der Waals surface area (Å²) in [6, 6.07) is 98.0. The summed E-state index contributed by atoms with van der Waals surface area (Å²) in [5, 5.41) is 9.46. The second kappa shape index (κ2) is 17.8. The smallest absolute Gasteiger partial charge is 0.166 e. The van der Waals surface area contributed by atoms with Gasteiger partial charge in [0.1, 0.15) is 0 Å². The van der Waals surface area contributed by atoms with Gasteiger partial charge in [0.25, 0.3) is 0 Å². The monoisotopic (exact) mass is 967 g/mol. The first-order valence-electron chi connectivity index (χ1n) is 25.8. The topological polar surface area (TPSA) is 48.5 Å². The van der Waals surface area contributed by atoms with Gasteiger partial charge in [-0.25, -0.2) is 15.0 Å². The molecule has 3 aromatic heterocycles. The Kier molecular flexibility index (Phi) is 10.1. The molecule has 0 spiro atoms. The van der Waals surface area contributed by atoms with E-state index in [-0.39, 0.29) is 0 Å². The van der Waals surface area contributed by atoms with Gasteiger partial charge in [-0.05, 0) is 111 Å². The molecule has 0 aliphatic carbocycles. The van der Waals surface area contributed by atoms with Gasteiger partial charge in [-0.3, -0.25) is 0 Å². The van der Waals surface area contributed by atoms with Crippen LogP contribution in [0, 0.1) is 0 Å². The van der Waals surface area contributed by atoms with E-state index >= 15 is 0 Å². The van der Waals surface area contributed by atoms with Crippen molar-refractivity contribution in [2.45, 2.75) is 0 Å². The molecule has 15 rings (SSSR count). The summed E-state index contributed by atoms with van der Waals surface area (Å²) in [5.41, 5.74) is 15.8. The highest BCUT2D eigenvalue weighted by atomic mass is 15.1. The van der Waals surface area contributed by atoms with Crippen molar-refractivity contribution in [1.29, 1.82) is 0 Å². The fourth-order valence-electron chi connectivity index (χ4n) is 11.6. The molecule has 0 saturated carbocycles. The highest BCUT2D eigenvalue weighted by molar-refractivity contribution is 6.18. The molecule has 3 heterocycles. The number of benzene rings is 12. The highest BCUT2D eigenvalue weighted by Gasteiger charge is 2.25. The number of para-hydroxylation sites is 3. The third-order valence-electron chi connectivity index (χ3n) is 15.1. The minimum absolute atomic E-state index is 0.576. The molecule has 0 N–H and O–H groups in total. The van der Waals surface area contributed by atoms with Crippen LogP contribution in [-0.4, -0.2) is 24.1 Å². The fraction of sp³-hybridized carbons (Fsp3) is 0. The van der Waals surface area contributed by atoms with Crippen LogP contribution >= 0.6 is 0 Å². The second-order valence-electron chi connectivity index (χ2n) is 19.6. The molecule has 12 aromatic carbocycles. The van der Waals surface area contributed by atoms with Crippen molar-refractivity contribution in [1.82, 2.24) is 24.1 Å². The maximum Gasteiger partial charge on any atom is 0.166 e. The molecule has 0 bridgehead atoms. The third kappa shape index (κ3) is 7.20. The van der Waals surface area contributed by atoms with Crippen LogP contribution in [0.25, 0.3) is 144 Å². The number of fused-ring (bicyclic) bond motifs is 8. The molecular weight excluding hydrogens is 923 g/mol. The van der Waals surface area contributed by atoms with Gasteiger partial charge in [0.2, 0.25) is 0 Å². The van der Waals surface area contributed by atoms with Gasteiger partial charge >= 0.3 is 0 Å². The zero-order valence-electron chi connectivity index (χ0n) is 41.2. The Balaban J connectivity index is 1.07. The van der Waals surface area contributed by atoms with Crippen LogP contribution in [0.4, 0.5) is 0 Å². The maximum atomic E-state index is 5.61. The van der Waals surface area contributed by atoms with Crippen molar-refractivity contribution in [3.05, 3.63) is 273 Å². The van der Waals surface area contributed by atoms with E-state index in [2.05, 4.69) is 264 Å². The Morgan fingerprint density at radius 3 is 1.34 bits per heavy atom. The summed E-state index contributed by atoms with van der Waals surface area (Å²) in [6.07, 6.45) is 0. The number of hydrogen-bond donors (Lipinski definition) is 0. The van der Waals surface area contributed by atoms with Crippen LogP contribution in [0.5, 0.6) is 0 Å². The zero-order valence-corrected chi connectivity index (χ0v) is 41.2. The van der Waals surface area contributed by atoms with Crippen LogP contribution < -0.4 is 0 Å². The van der Waals surface area contributed by atoms with Crippen molar-refractivity contribution in [3.8, 4) is 78.9 Å². The molecule has 0 atom stereocenters. The summed E-state index contributed by atoms with van der Waals surface area (Å²) in [7, 11) is 0. The first kappa shape index (κ1) is 43.4. The highest BCUT2D eigenvalue weighted by Crippen LogP contribution is 2.46. The van der Waals surface area contributed by atoms with Crippen molar-refractivity contribution < 1.29 is 0 Å². The summed E-state index contributed by atoms with van der Waals surface area (Å²) in [6.45, 7) is 0. The minimum atomic E-state index is 0.576. The molecule has 354 valence electrons. The van der Waals surface area contributed by atoms with Crippen molar-refractivity contribution in [3.63, 3.8) is 0 Å². The molecule has 0 aliphatic heterocycles. The van der Waals surface area contributed by atoms with Gasteiger partial charge in [0.05, 0.1) is 27.8 Å². The average Bonchev–Trinajstić information content (AvgIpc) is 4.11. The number of nitrogens with zero attached hydrogens (tertiary/aromatic N) is 5. The molecule has 76 heavy (non-hydrogen) atoms. The lowest BCUT2D eigenvalue weighted by Crippen LogP contribution is -2.05. The number of hydrogen-bond acceptors (Lipinski definition) is 3. The van der Waals surface area contributed by atoms with E-state index < -0.39 is 0 Å². The molecule has 5 heteroatoms. The van der Waals surface area contributed by atoms with Gasteiger partial charge in [0.15, 0.2) is 17.5 Å². The van der Waals surface area contributed by atoms with Crippen molar-refractivity contribution in [2.75, 3.05) is 0 Å². The Labute approximate surface area is 438 Å². The first-order valence-corrected chi connectivity index (χ1v) is 25.8. The predicted octanol–water partition coefficient (Wildman–Crippen LogP) is 18.4. The second-order valence-corrected chi connectivity index (χ2v) is 19.6. The van der Waals surface area contributed by atoms with Gasteiger partial charge in [0, 0.05) is 55.0 Å². The molecule has 0 radical (unpaired) electrons. The zero-order chi connectivity index (χ0) is 50.1. The predicted molar refractivity (Wildman–Crippen MR) is 316 cm³/mol. The molecule has 0 aliphatic rings. The lowest BCUT2D eigenvalue weighted by Gasteiger charge is -2.22. The Hall–Kier alpha value is -10.2. The van der Waals surface area contributed by atoms with Crippen LogP contribution in [0.15, 0.2) is 273 Å². The van der Waals surface area contributed by atoms with E-state index in [1.54, 1.807) is 0 Å². The molecule has 5 nitrogen and oxygen atoms in total. The van der Waals surface area contributed by atoms with Gasteiger partial charge in [-0.2, -0.15) is 0 Å². The van der Waals surface area contributed by atoms with Crippen molar-refractivity contribution in [2.24, 2.45) is 0 Å². The van der Waals surface area contributed by atoms with E-state index in [1.807, 2.05) is 18.2 Å². The van der Waals surface area contributed by atoms with Crippen LogP contribution in [-0.2, 0) is 0 Å². The van der Waals surface area contributed by atoms with E-state index in [0.29, 0.717) is 17.5 Å². The van der Waals surface area contributed by atoms with Crippen LogP contribution in [0.1, 0.15) is 0 Å². The molecule has 15 aromatic rings. The quantitative estimate of drug-likeness (QED) is 0.152. The normalized spacial score (nSPS) is 11.7. The van der Waals surface area contributed by atoms with Gasteiger partial charge in [-0.15, -0.1) is 0 Å². The van der Waals surface area contributed by atoms with Gasteiger partial charge < -0.3 is 9.13 Å². The minimum Gasteiger partial charge on any atom is -0.309 e. The number of rotatable bonds is 8. The third-order valence-corrected chi connectivity index (χ3v) is 15.1. The lowest BCUT2D eigenvalue weighted by molar-refractivity contribution is 1.07. The molecule has 0 unspecified atom stereocenters. The summed E-state index contributed by atoms with van der Waals surface area (Å²) in [5.74, 6) is 1.76. The van der Waals surface area contributed by atoms with E-state index in [1.165, 1.54) is 32.3 Å². The van der Waals surface area contributed by atoms with E-state index in [4.69, 9.17) is 15.0 Å². The summed E-state index contributed by atoms with van der Waals surface area (Å²) >= 11 is 0. The molecule has 0 fully saturated rings. The average molecular weight is 968 g/mol. The summed E-state index contributed by atoms with van der Waals surface area (Å²) < 4.78 is 4.88. The Morgan fingerprint density at radius 2 is 0.697 bits per heavy atom. The molecular formula is C71H45N5. The molecule has 0 saturated heterocycles. The lowest BCUT2D eigenvalue weighted by atomic mass is 9.91. The van der Waals surface area contributed by atoms with Crippen LogP contribution in [0.2, 0.25) is 0 Å². The number of aromatic nitrogens is 5. The maximum absolute atomic E-state index is 5.61. The van der Waals surface area contributed by atoms with Crippen LogP contribution in [0.3, 0.4) is 0 Å². The standard InChI is InChI=1S/C71H45N5/c1-5-21-46(22-6-1)49-31-19-32-54(39-49)61-43-55(42-60(47-23-7-2-8-24-47)68(61)76-65-44-52-29-15-13-27-50(52)40-62(65)63-41-51-28-14-16-30-53(51)45-66(63)76)70-72-69(48-25-9-3-10-26-48)73-71(74-70)59-37-20-36-58-57-35-17-18-38-64(57)75(67(58)59)56-33-11-4-12-34-56/h1-45H. The fourth-order valence-corrected chi connectivity index (χ4v) is 11.6. The Bertz CT molecular complexity index is 4640. The first-order chi connectivity index (χ1) is 37.7. The van der Waals surface area contributed by atoms with Crippen molar-refractivity contribution >= 4 is 65.2 Å². The largest absolute Gasteiger partial charge is 0.309 e. The Morgan fingerprint density at radius 1 is 0.237 bits per heavy atom. The molecule has 0 amide bonds. The summed E-state index contributed by atoms with van der Waals surface area (Å²) in [4.78, 5) is 16.5. The van der Waals surface area contributed by atoms with E-state index in [0.717, 1.165) is 94.3 Å². The van der Waals surface area contributed by atoms with Gasteiger partial charge in [-0.1, -0.05) is 206 Å². The SMILES string of the molecule is c1ccc(-c2cccc(-c3cc(-c4nc(-c5ccccc5)nc(-c5cccc6c7ccccc7n(-c7ccccc7)c56)n4)cc(-c4ccccc4)c3-n3c4cc5ccccc5cc4c4cc5ccccc5cc43)c2)cc1. The van der Waals surface area contributed by atoms with E-state index in [9.17, 15) is 0 Å².